The van der Waals surface area contributed by atoms with Crippen molar-refractivity contribution in [3.05, 3.63) is 46.5 Å². The summed E-state index contributed by atoms with van der Waals surface area (Å²) in [4.78, 5) is 10.5. The van der Waals surface area contributed by atoms with Gasteiger partial charge < -0.3 is 10.1 Å². The van der Waals surface area contributed by atoms with Gasteiger partial charge >= 0.3 is 5.69 Å². The van der Waals surface area contributed by atoms with Gasteiger partial charge in [-0.1, -0.05) is 18.7 Å². The van der Waals surface area contributed by atoms with Crippen LogP contribution in [-0.4, -0.2) is 17.1 Å². The molecule has 1 atom stereocenters. The maximum absolute atomic E-state index is 11.0. The molecule has 102 valence electrons. The molecule has 1 aliphatic carbocycles. The summed E-state index contributed by atoms with van der Waals surface area (Å²) < 4.78 is 5.53. The van der Waals surface area contributed by atoms with E-state index in [0.29, 0.717) is 18.3 Å². The second-order valence-electron chi connectivity index (χ2n) is 4.77. The third-order valence-electron chi connectivity index (χ3n) is 3.04. The summed E-state index contributed by atoms with van der Waals surface area (Å²) in [6, 6.07) is 5.59. The van der Waals surface area contributed by atoms with Crippen LogP contribution in [0.1, 0.15) is 25.3 Å². The first-order chi connectivity index (χ1) is 9.10. The molecule has 1 aliphatic rings. The lowest BCUT2D eigenvalue weighted by Gasteiger charge is -2.12. The summed E-state index contributed by atoms with van der Waals surface area (Å²) in [7, 11) is 0. The van der Waals surface area contributed by atoms with E-state index in [1.807, 2.05) is 0 Å². The van der Waals surface area contributed by atoms with Crippen molar-refractivity contribution in [2.45, 2.75) is 38.5 Å². The van der Waals surface area contributed by atoms with Crippen LogP contribution in [0.15, 0.2) is 30.9 Å². The van der Waals surface area contributed by atoms with Crippen LogP contribution in [0.25, 0.3) is 0 Å². The highest BCUT2D eigenvalue weighted by Crippen LogP contribution is 2.29. The first-order valence-electron chi connectivity index (χ1n) is 6.40. The lowest BCUT2D eigenvalue weighted by molar-refractivity contribution is -0.386. The van der Waals surface area contributed by atoms with E-state index in [-0.39, 0.29) is 11.8 Å². The molecule has 0 aromatic heterocycles. The Bertz CT molecular complexity index is 484. The van der Waals surface area contributed by atoms with Crippen molar-refractivity contribution in [3.63, 3.8) is 0 Å². The van der Waals surface area contributed by atoms with Crippen molar-refractivity contribution < 1.29 is 9.66 Å². The second kappa shape index (κ2) is 5.84. The van der Waals surface area contributed by atoms with Crippen LogP contribution in [0.2, 0.25) is 0 Å². The van der Waals surface area contributed by atoms with Crippen molar-refractivity contribution in [2.75, 3.05) is 0 Å². The molecule has 2 rings (SSSR count). The Labute approximate surface area is 112 Å². The van der Waals surface area contributed by atoms with Gasteiger partial charge in [0.1, 0.15) is 6.10 Å². The largest absolute Gasteiger partial charge is 0.480 e. The van der Waals surface area contributed by atoms with Crippen molar-refractivity contribution in [1.29, 1.82) is 0 Å². The molecule has 0 heterocycles. The average molecular weight is 262 g/mol. The van der Waals surface area contributed by atoms with Crippen molar-refractivity contribution in [3.8, 4) is 5.75 Å². The summed E-state index contributed by atoms with van der Waals surface area (Å²) in [6.45, 7) is 6.12. The monoisotopic (exact) mass is 262 g/mol. The zero-order valence-electron chi connectivity index (χ0n) is 11.0. The van der Waals surface area contributed by atoms with Gasteiger partial charge in [-0.3, -0.25) is 10.1 Å². The third kappa shape index (κ3) is 3.79. The van der Waals surface area contributed by atoms with E-state index in [0.717, 1.165) is 5.56 Å². The van der Waals surface area contributed by atoms with Crippen molar-refractivity contribution in [1.82, 2.24) is 5.32 Å². The molecule has 1 unspecified atom stereocenters. The zero-order chi connectivity index (χ0) is 13.8. The van der Waals surface area contributed by atoms with E-state index in [1.54, 1.807) is 25.1 Å². The Morgan fingerprint density at radius 2 is 2.37 bits per heavy atom. The van der Waals surface area contributed by atoms with Gasteiger partial charge in [-0.25, -0.2) is 0 Å². The van der Waals surface area contributed by atoms with Crippen molar-refractivity contribution >= 4 is 5.69 Å². The number of nitrogens with one attached hydrogen (secondary N) is 1. The Balaban J connectivity index is 2.15. The van der Waals surface area contributed by atoms with Gasteiger partial charge in [-0.15, -0.1) is 0 Å². The predicted octanol–water partition coefficient (Wildman–Crippen LogP) is 2.80. The molecule has 1 aromatic carbocycles. The van der Waals surface area contributed by atoms with E-state index in [2.05, 4.69) is 11.9 Å². The average Bonchev–Trinajstić information content (AvgIpc) is 3.20. The van der Waals surface area contributed by atoms with E-state index in [4.69, 9.17) is 4.74 Å². The second-order valence-corrected chi connectivity index (χ2v) is 4.77. The van der Waals surface area contributed by atoms with Gasteiger partial charge in [0.15, 0.2) is 5.75 Å². The normalized spacial score (nSPS) is 15.8. The molecule has 1 saturated carbocycles. The minimum absolute atomic E-state index is 0.0103. The number of nitro benzene ring substituents is 1. The summed E-state index contributed by atoms with van der Waals surface area (Å²) in [6.07, 6.45) is 3.78. The fourth-order valence-electron chi connectivity index (χ4n) is 1.71. The maximum atomic E-state index is 11.0. The molecule has 0 radical (unpaired) electrons. The van der Waals surface area contributed by atoms with E-state index >= 15 is 0 Å². The third-order valence-corrected chi connectivity index (χ3v) is 3.04. The van der Waals surface area contributed by atoms with Gasteiger partial charge in [0.2, 0.25) is 0 Å². The molecule has 1 fully saturated rings. The molecule has 5 nitrogen and oxygen atoms in total. The number of rotatable bonds is 7. The minimum atomic E-state index is -0.427. The number of nitrogens with zero attached hydrogens (tertiary/aromatic N) is 1. The molecular formula is C14H18N2O3. The molecular weight excluding hydrogens is 244 g/mol. The first-order valence-corrected chi connectivity index (χ1v) is 6.40. The molecule has 1 aromatic rings. The summed E-state index contributed by atoms with van der Waals surface area (Å²) in [5.74, 6) is 0.299. The lowest BCUT2D eigenvalue weighted by atomic mass is 10.2. The number of hydrogen-bond donors (Lipinski definition) is 1. The fraction of sp³-hybridized carbons (Fsp3) is 0.429. The minimum Gasteiger partial charge on any atom is -0.480 e. The zero-order valence-corrected chi connectivity index (χ0v) is 11.0. The SMILES string of the molecule is C=CC(C)Oc1cc(CNC2CC2)ccc1[N+](=O)[O-]. The predicted molar refractivity (Wildman–Crippen MR) is 73.2 cm³/mol. The first kappa shape index (κ1) is 13.5. The van der Waals surface area contributed by atoms with Gasteiger partial charge in [-0.2, -0.15) is 0 Å². The van der Waals surface area contributed by atoms with Crippen LogP contribution in [0.3, 0.4) is 0 Å². The molecule has 5 heteroatoms. The van der Waals surface area contributed by atoms with E-state index < -0.39 is 4.92 Å². The molecule has 0 saturated heterocycles. The standard InChI is InChI=1S/C14H18N2O3/c1-3-10(2)19-14-8-11(9-15-12-5-6-12)4-7-13(14)16(17)18/h3-4,7-8,10,12,15H,1,5-6,9H2,2H3. The highest BCUT2D eigenvalue weighted by atomic mass is 16.6. The summed E-state index contributed by atoms with van der Waals surface area (Å²) in [5, 5.41) is 14.3. The quantitative estimate of drug-likeness (QED) is 0.466. The molecule has 0 spiro atoms. The fourth-order valence-corrected chi connectivity index (χ4v) is 1.71. The molecule has 0 bridgehead atoms. The molecule has 1 N–H and O–H groups in total. The highest BCUT2D eigenvalue weighted by Gasteiger charge is 2.21. The topological polar surface area (TPSA) is 64.4 Å². The maximum Gasteiger partial charge on any atom is 0.310 e. The van der Waals surface area contributed by atoms with Crippen LogP contribution < -0.4 is 10.1 Å². The van der Waals surface area contributed by atoms with Crippen LogP contribution in [0, 0.1) is 10.1 Å². The van der Waals surface area contributed by atoms with Gasteiger partial charge in [-0.05, 0) is 31.4 Å². The molecule has 0 amide bonds. The Kier molecular flexibility index (Phi) is 4.16. The lowest BCUT2D eigenvalue weighted by Crippen LogP contribution is -2.15. The van der Waals surface area contributed by atoms with Crippen molar-refractivity contribution in [2.24, 2.45) is 0 Å². The van der Waals surface area contributed by atoms with Crippen LogP contribution in [-0.2, 0) is 6.54 Å². The van der Waals surface area contributed by atoms with Gasteiger partial charge in [0.05, 0.1) is 4.92 Å². The highest BCUT2D eigenvalue weighted by molar-refractivity contribution is 5.48. The van der Waals surface area contributed by atoms with Gasteiger partial charge in [0.25, 0.3) is 0 Å². The smallest absolute Gasteiger partial charge is 0.310 e. The Morgan fingerprint density at radius 1 is 1.63 bits per heavy atom. The molecule has 19 heavy (non-hydrogen) atoms. The Morgan fingerprint density at radius 3 is 2.95 bits per heavy atom. The van der Waals surface area contributed by atoms with Crippen LogP contribution in [0.4, 0.5) is 5.69 Å². The number of hydrogen-bond acceptors (Lipinski definition) is 4. The van der Waals surface area contributed by atoms with Crippen LogP contribution >= 0.6 is 0 Å². The number of benzene rings is 1. The number of ether oxygens (including phenoxy) is 1. The summed E-state index contributed by atoms with van der Waals surface area (Å²) >= 11 is 0. The van der Waals surface area contributed by atoms with Crippen LogP contribution in [0.5, 0.6) is 5.75 Å². The summed E-state index contributed by atoms with van der Waals surface area (Å²) in [5.41, 5.74) is 0.979. The molecule has 0 aliphatic heterocycles. The van der Waals surface area contributed by atoms with E-state index in [9.17, 15) is 10.1 Å². The van der Waals surface area contributed by atoms with E-state index in [1.165, 1.54) is 18.9 Å². The number of nitro groups is 1. The Hall–Kier alpha value is -1.88. The van der Waals surface area contributed by atoms with Gasteiger partial charge in [0, 0.05) is 18.7 Å².